The summed E-state index contributed by atoms with van der Waals surface area (Å²) >= 11 is 0. The third-order valence-corrected chi connectivity index (χ3v) is 7.12. The maximum absolute atomic E-state index is 13.1. The number of hydrogen-bond acceptors (Lipinski definition) is 5. The van der Waals surface area contributed by atoms with Crippen LogP contribution in [0.4, 0.5) is 5.82 Å². The first kappa shape index (κ1) is 21.9. The van der Waals surface area contributed by atoms with Gasteiger partial charge in [0.1, 0.15) is 0 Å². The lowest BCUT2D eigenvalue weighted by Gasteiger charge is -2.23. The first-order chi connectivity index (χ1) is 14.4. The van der Waals surface area contributed by atoms with Crippen LogP contribution in [-0.2, 0) is 30.2 Å². The van der Waals surface area contributed by atoms with Crippen molar-refractivity contribution in [1.82, 2.24) is 14.1 Å². The fraction of sp³-hybridized carbons (Fsp3) is 0.318. The molecule has 1 N–H and O–H groups in total. The molecule has 3 aromatic rings. The van der Waals surface area contributed by atoms with E-state index >= 15 is 0 Å². The molecule has 8 heteroatoms. The lowest BCUT2D eigenvalue weighted by Crippen LogP contribution is -2.32. The smallest absolute Gasteiger partial charge is 0.264 e. The molecule has 0 saturated carbocycles. The summed E-state index contributed by atoms with van der Waals surface area (Å²) in [6, 6.07) is 19.6. The van der Waals surface area contributed by atoms with Gasteiger partial charge < -0.3 is 10.0 Å². The average Bonchev–Trinajstić information content (AvgIpc) is 3.04. The number of aryl methyl sites for hydroxylation is 1. The lowest BCUT2D eigenvalue weighted by atomic mass is 10.1. The van der Waals surface area contributed by atoms with Gasteiger partial charge in [-0.3, -0.25) is 4.68 Å². The highest BCUT2D eigenvalue weighted by Crippen LogP contribution is 2.36. The molecule has 30 heavy (non-hydrogen) atoms. The molecule has 0 aliphatic rings. The molecule has 0 unspecified atom stereocenters. The predicted molar refractivity (Wildman–Crippen MR) is 118 cm³/mol. The van der Waals surface area contributed by atoms with E-state index in [2.05, 4.69) is 5.10 Å². The maximum Gasteiger partial charge on any atom is 0.264 e. The summed E-state index contributed by atoms with van der Waals surface area (Å²) in [5, 5.41) is 15.2. The van der Waals surface area contributed by atoms with E-state index in [1.165, 1.54) is 8.99 Å². The average molecular weight is 429 g/mol. The van der Waals surface area contributed by atoms with Gasteiger partial charge in [-0.25, -0.2) is 8.42 Å². The molecule has 0 saturated heterocycles. The van der Waals surface area contributed by atoms with Gasteiger partial charge in [0.15, 0.2) is 11.6 Å². The summed E-state index contributed by atoms with van der Waals surface area (Å²) in [5.41, 5.74) is 2.07. The van der Waals surface area contributed by atoms with Crippen molar-refractivity contribution in [2.45, 2.75) is 32.0 Å². The molecule has 0 radical (unpaired) electrons. The molecule has 0 amide bonds. The highest BCUT2D eigenvalue weighted by Gasteiger charge is 2.33. The van der Waals surface area contributed by atoms with Gasteiger partial charge in [-0.2, -0.15) is 4.31 Å². The zero-order valence-corrected chi connectivity index (χ0v) is 18.4. The monoisotopic (exact) mass is 428 g/mol. The molecule has 0 fully saturated rings. The van der Waals surface area contributed by atoms with Crippen molar-refractivity contribution >= 4 is 15.8 Å². The second kappa shape index (κ2) is 9.32. The molecule has 1 aromatic heterocycles. The van der Waals surface area contributed by atoms with Crippen LogP contribution in [0.5, 0.6) is 5.75 Å². The number of aromatic hydroxyl groups is 1. The van der Waals surface area contributed by atoms with Crippen LogP contribution in [0.2, 0.25) is 0 Å². The Kier molecular flexibility index (Phi) is 6.79. The van der Waals surface area contributed by atoms with Crippen molar-refractivity contribution in [3.8, 4) is 5.75 Å². The largest absolute Gasteiger partial charge is 0.502 e. The number of nitrogens with zero attached hydrogens (tertiary/aromatic N) is 4. The van der Waals surface area contributed by atoms with Gasteiger partial charge in [0, 0.05) is 33.2 Å². The van der Waals surface area contributed by atoms with E-state index in [-0.39, 0.29) is 16.6 Å². The second-order valence-corrected chi connectivity index (χ2v) is 8.87. The standard InChI is InChI=1S/C22H28N4O3S/c1-4-26(5-2)30(28,29)22-20(27)21(23-24(22)3)25(16-18-12-8-6-9-13-18)17-19-14-10-7-11-15-19/h6-15,27H,4-5,16-17H2,1-3H3. The molecule has 1 heterocycles. The van der Waals surface area contributed by atoms with Gasteiger partial charge in [0.25, 0.3) is 10.0 Å². The Labute approximate surface area is 178 Å². The fourth-order valence-electron chi connectivity index (χ4n) is 3.48. The number of hydrogen-bond donors (Lipinski definition) is 1. The molecule has 0 bridgehead atoms. The topological polar surface area (TPSA) is 78.7 Å². The first-order valence-corrected chi connectivity index (χ1v) is 11.4. The summed E-state index contributed by atoms with van der Waals surface area (Å²) in [5.74, 6) is -0.0767. The third kappa shape index (κ3) is 4.49. The van der Waals surface area contributed by atoms with E-state index in [1.807, 2.05) is 65.6 Å². The Morgan fingerprint density at radius 3 is 1.80 bits per heavy atom. The van der Waals surface area contributed by atoms with E-state index < -0.39 is 10.0 Å². The summed E-state index contributed by atoms with van der Waals surface area (Å²) in [6.07, 6.45) is 0. The van der Waals surface area contributed by atoms with Crippen LogP contribution < -0.4 is 4.90 Å². The molecule has 160 valence electrons. The van der Waals surface area contributed by atoms with E-state index in [0.29, 0.717) is 26.2 Å². The number of rotatable bonds is 9. The van der Waals surface area contributed by atoms with Gasteiger partial charge >= 0.3 is 0 Å². The first-order valence-electron chi connectivity index (χ1n) is 9.97. The minimum atomic E-state index is -3.86. The Morgan fingerprint density at radius 2 is 1.37 bits per heavy atom. The van der Waals surface area contributed by atoms with Crippen LogP contribution in [0.15, 0.2) is 65.7 Å². The van der Waals surface area contributed by atoms with Crippen molar-refractivity contribution in [2.24, 2.45) is 7.05 Å². The van der Waals surface area contributed by atoms with Gasteiger partial charge in [0.05, 0.1) is 0 Å². The fourth-order valence-corrected chi connectivity index (χ4v) is 5.12. The highest BCUT2D eigenvalue weighted by molar-refractivity contribution is 7.89. The summed E-state index contributed by atoms with van der Waals surface area (Å²) < 4.78 is 28.7. The molecule has 0 aliphatic carbocycles. The third-order valence-electron chi connectivity index (χ3n) is 4.97. The van der Waals surface area contributed by atoms with E-state index in [1.54, 1.807) is 20.9 Å². The SMILES string of the molecule is CCN(CC)S(=O)(=O)c1c(O)c(N(Cc2ccccc2)Cc2ccccc2)nn1C. The second-order valence-electron chi connectivity index (χ2n) is 7.02. The van der Waals surface area contributed by atoms with Crippen molar-refractivity contribution in [3.05, 3.63) is 71.8 Å². The molecular weight excluding hydrogens is 400 g/mol. The van der Waals surface area contributed by atoms with Crippen LogP contribution in [0.25, 0.3) is 0 Å². The van der Waals surface area contributed by atoms with E-state index in [9.17, 15) is 13.5 Å². The minimum Gasteiger partial charge on any atom is -0.502 e. The summed E-state index contributed by atoms with van der Waals surface area (Å²) in [7, 11) is -2.32. The number of sulfonamides is 1. The summed E-state index contributed by atoms with van der Waals surface area (Å²) in [4.78, 5) is 1.89. The zero-order valence-electron chi connectivity index (χ0n) is 17.6. The molecule has 0 spiro atoms. The van der Waals surface area contributed by atoms with Crippen LogP contribution in [0, 0.1) is 0 Å². The van der Waals surface area contributed by atoms with Gasteiger partial charge in [0.2, 0.25) is 5.03 Å². The van der Waals surface area contributed by atoms with Gasteiger partial charge in [-0.15, -0.1) is 5.10 Å². The Morgan fingerprint density at radius 1 is 0.900 bits per heavy atom. The Hall–Kier alpha value is -2.84. The van der Waals surface area contributed by atoms with Crippen LogP contribution in [-0.4, -0.2) is 40.7 Å². The minimum absolute atomic E-state index is 0.188. The molecule has 7 nitrogen and oxygen atoms in total. The van der Waals surface area contributed by atoms with E-state index in [4.69, 9.17) is 0 Å². The van der Waals surface area contributed by atoms with Crippen LogP contribution >= 0.6 is 0 Å². The Bertz CT molecular complexity index is 1020. The molecular formula is C22H28N4O3S. The van der Waals surface area contributed by atoms with Crippen molar-refractivity contribution in [2.75, 3.05) is 18.0 Å². The van der Waals surface area contributed by atoms with Crippen LogP contribution in [0.3, 0.4) is 0 Å². The number of anilines is 1. The highest BCUT2D eigenvalue weighted by atomic mass is 32.2. The van der Waals surface area contributed by atoms with Gasteiger partial charge in [-0.1, -0.05) is 74.5 Å². The van der Waals surface area contributed by atoms with Crippen LogP contribution in [0.1, 0.15) is 25.0 Å². The maximum atomic E-state index is 13.1. The lowest BCUT2D eigenvalue weighted by molar-refractivity contribution is 0.418. The Balaban J connectivity index is 2.05. The molecule has 2 aromatic carbocycles. The van der Waals surface area contributed by atoms with Crippen molar-refractivity contribution in [3.63, 3.8) is 0 Å². The molecule has 0 atom stereocenters. The number of benzene rings is 2. The van der Waals surface area contributed by atoms with E-state index in [0.717, 1.165) is 11.1 Å². The molecule has 3 rings (SSSR count). The summed E-state index contributed by atoms with van der Waals surface area (Å²) in [6.45, 7) is 5.13. The van der Waals surface area contributed by atoms with Crippen molar-refractivity contribution in [1.29, 1.82) is 0 Å². The number of aromatic nitrogens is 2. The zero-order chi connectivity index (χ0) is 21.7. The quantitative estimate of drug-likeness (QED) is 0.565. The van der Waals surface area contributed by atoms with Crippen molar-refractivity contribution < 1.29 is 13.5 Å². The predicted octanol–water partition coefficient (Wildman–Crippen LogP) is 3.36. The molecule has 0 aliphatic heterocycles. The van der Waals surface area contributed by atoms with Gasteiger partial charge in [-0.05, 0) is 11.1 Å². The normalized spacial score (nSPS) is 11.7.